The van der Waals surface area contributed by atoms with E-state index in [1.165, 1.54) is 12.8 Å². The van der Waals surface area contributed by atoms with Crippen LogP contribution in [0.4, 0.5) is 5.69 Å². The Morgan fingerprint density at radius 1 is 1.20 bits per heavy atom. The van der Waals surface area contributed by atoms with Gasteiger partial charge in [0, 0.05) is 32.3 Å². The molecule has 0 saturated carbocycles. The molecule has 0 aliphatic carbocycles. The first kappa shape index (κ1) is 21.9. The molecule has 1 amide bonds. The zero-order valence-electron chi connectivity index (χ0n) is 15.9. The van der Waals surface area contributed by atoms with Crippen LogP contribution in [0.15, 0.2) is 30.3 Å². The topological polar surface area (TPSA) is 32.8 Å². The molecule has 0 atom stereocenters. The molecular formula is C20H33ClN2O2. The number of benzene rings is 1. The molecule has 5 heteroatoms. The smallest absolute Gasteiger partial charge is 0.227 e. The highest BCUT2D eigenvalue weighted by Crippen LogP contribution is 2.34. The van der Waals surface area contributed by atoms with Crippen molar-refractivity contribution in [3.05, 3.63) is 30.3 Å². The molecule has 1 aromatic rings. The fraction of sp³-hybridized carbons (Fsp3) is 0.650. The van der Waals surface area contributed by atoms with Crippen LogP contribution >= 0.6 is 12.4 Å². The first-order valence-electron chi connectivity index (χ1n) is 9.26. The van der Waals surface area contributed by atoms with Gasteiger partial charge in [-0.15, -0.1) is 12.4 Å². The third-order valence-corrected chi connectivity index (χ3v) is 5.07. The molecule has 0 bridgehead atoms. The Kier molecular flexibility index (Phi) is 9.47. The molecule has 1 fully saturated rings. The fourth-order valence-electron chi connectivity index (χ4n) is 3.69. The van der Waals surface area contributed by atoms with Gasteiger partial charge < -0.3 is 14.5 Å². The van der Waals surface area contributed by atoms with Crippen molar-refractivity contribution in [3.8, 4) is 0 Å². The molecule has 0 spiro atoms. The highest BCUT2D eigenvalue weighted by molar-refractivity contribution is 5.94. The quantitative estimate of drug-likeness (QED) is 0.691. The number of nitrogens with zero attached hydrogens (tertiary/aromatic N) is 2. The van der Waals surface area contributed by atoms with Crippen LogP contribution < -0.4 is 4.90 Å². The average Bonchev–Trinajstić information content (AvgIpc) is 2.62. The van der Waals surface area contributed by atoms with E-state index < -0.39 is 0 Å². The van der Waals surface area contributed by atoms with Crippen LogP contribution in [0.3, 0.4) is 0 Å². The number of para-hydroxylation sites is 1. The number of hydrogen-bond donors (Lipinski definition) is 0. The molecule has 1 aromatic carbocycles. The molecule has 1 heterocycles. The van der Waals surface area contributed by atoms with Gasteiger partial charge in [-0.3, -0.25) is 4.79 Å². The third-order valence-electron chi connectivity index (χ3n) is 5.07. The second-order valence-electron chi connectivity index (χ2n) is 6.77. The molecule has 4 nitrogen and oxygen atoms in total. The van der Waals surface area contributed by atoms with Crippen LogP contribution in [0.1, 0.15) is 46.0 Å². The summed E-state index contributed by atoms with van der Waals surface area (Å²) in [6.45, 7) is 7.99. The predicted octanol–water partition coefficient (Wildman–Crippen LogP) is 4.13. The number of carbonyl (C=O) groups excluding carboxylic acids is 1. The molecule has 2 rings (SSSR count). The second kappa shape index (κ2) is 10.8. The molecule has 25 heavy (non-hydrogen) atoms. The Bertz CT molecular complexity index is 502. The standard InChI is InChI=1S/C20H32N2O2.ClH/c1-4-6-14-21-15-12-20(13-16-21,17-24-3)22(19(23)5-2)18-10-8-7-9-11-18;/h7-11H,4-6,12-17H2,1-3H3;1H. The van der Waals surface area contributed by atoms with Crippen LogP contribution in [0.25, 0.3) is 0 Å². The van der Waals surface area contributed by atoms with Crippen LogP contribution in [0.2, 0.25) is 0 Å². The largest absolute Gasteiger partial charge is 0.382 e. The summed E-state index contributed by atoms with van der Waals surface area (Å²) in [5, 5.41) is 0. The number of ether oxygens (including phenoxy) is 1. The van der Waals surface area contributed by atoms with E-state index in [-0.39, 0.29) is 23.9 Å². The van der Waals surface area contributed by atoms with E-state index in [1.54, 1.807) is 7.11 Å². The first-order chi connectivity index (χ1) is 11.7. The van der Waals surface area contributed by atoms with Crippen molar-refractivity contribution in [3.63, 3.8) is 0 Å². The molecule has 1 saturated heterocycles. The van der Waals surface area contributed by atoms with Gasteiger partial charge in [-0.2, -0.15) is 0 Å². The second-order valence-corrected chi connectivity index (χ2v) is 6.77. The highest BCUT2D eigenvalue weighted by Gasteiger charge is 2.42. The Labute approximate surface area is 158 Å². The summed E-state index contributed by atoms with van der Waals surface area (Å²) < 4.78 is 5.59. The van der Waals surface area contributed by atoms with Crippen molar-refractivity contribution in [2.45, 2.75) is 51.5 Å². The number of anilines is 1. The normalized spacial score (nSPS) is 16.9. The van der Waals surface area contributed by atoms with Crippen LogP contribution in [0, 0.1) is 0 Å². The van der Waals surface area contributed by atoms with Gasteiger partial charge in [0.15, 0.2) is 0 Å². The number of carbonyl (C=O) groups is 1. The zero-order chi connectivity index (χ0) is 17.4. The van der Waals surface area contributed by atoms with Crippen molar-refractivity contribution < 1.29 is 9.53 Å². The number of rotatable bonds is 8. The van der Waals surface area contributed by atoms with Gasteiger partial charge in [0.25, 0.3) is 0 Å². The zero-order valence-corrected chi connectivity index (χ0v) is 16.7. The molecule has 0 aromatic heterocycles. The number of unbranched alkanes of at least 4 members (excludes halogenated alkanes) is 1. The summed E-state index contributed by atoms with van der Waals surface area (Å²) in [4.78, 5) is 17.3. The number of likely N-dealkylation sites (tertiary alicyclic amines) is 1. The maximum atomic E-state index is 12.8. The van der Waals surface area contributed by atoms with Gasteiger partial charge >= 0.3 is 0 Å². The minimum absolute atomic E-state index is 0. The summed E-state index contributed by atoms with van der Waals surface area (Å²) in [6.07, 6.45) is 4.91. The van der Waals surface area contributed by atoms with Crippen LogP contribution in [0.5, 0.6) is 0 Å². The Hall–Kier alpha value is -1.10. The predicted molar refractivity (Wildman–Crippen MR) is 107 cm³/mol. The Balaban J connectivity index is 0.00000312. The molecule has 0 unspecified atom stereocenters. The maximum absolute atomic E-state index is 12.8. The van der Waals surface area contributed by atoms with Crippen molar-refractivity contribution in [2.24, 2.45) is 0 Å². The van der Waals surface area contributed by atoms with Crippen LogP contribution in [-0.2, 0) is 9.53 Å². The van der Waals surface area contributed by atoms with Crippen LogP contribution in [-0.4, -0.2) is 49.7 Å². The number of amides is 1. The third kappa shape index (κ3) is 5.44. The van der Waals surface area contributed by atoms with Gasteiger partial charge in [0.05, 0.1) is 12.1 Å². The lowest BCUT2D eigenvalue weighted by Crippen LogP contribution is -2.60. The van der Waals surface area contributed by atoms with E-state index in [9.17, 15) is 4.79 Å². The number of halogens is 1. The maximum Gasteiger partial charge on any atom is 0.227 e. The molecule has 1 aliphatic heterocycles. The van der Waals surface area contributed by atoms with E-state index in [2.05, 4.69) is 11.8 Å². The SMILES string of the molecule is CCCCN1CCC(COC)(N(C(=O)CC)c2ccccc2)CC1.Cl. The molecule has 142 valence electrons. The summed E-state index contributed by atoms with van der Waals surface area (Å²) >= 11 is 0. The molecule has 1 aliphatic rings. The lowest BCUT2D eigenvalue weighted by atomic mass is 9.85. The lowest BCUT2D eigenvalue weighted by molar-refractivity contribution is -0.120. The van der Waals surface area contributed by atoms with Gasteiger partial charge in [0.2, 0.25) is 5.91 Å². The van der Waals surface area contributed by atoms with E-state index in [0.29, 0.717) is 13.0 Å². The van der Waals surface area contributed by atoms with Crippen molar-refractivity contribution in [1.82, 2.24) is 4.90 Å². The summed E-state index contributed by atoms with van der Waals surface area (Å²) in [5.74, 6) is 0.181. The summed E-state index contributed by atoms with van der Waals surface area (Å²) in [7, 11) is 1.74. The van der Waals surface area contributed by atoms with Gasteiger partial charge in [-0.1, -0.05) is 38.5 Å². The van der Waals surface area contributed by atoms with E-state index in [0.717, 1.165) is 38.2 Å². The van der Waals surface area contributed by atoms with Crippen molar-refractivity contribution in [1.29, 1.82) is 0 Å². The lowest BCUT2D eigenvalue weighted by Gasteiger charge is -2.48. The minimum atomic E-state index is -0.230. The Morgan fingerprint density at radius 3 is 2.36 bits per heavy atom. The molecular weight excluding hydrogens is 336 g/mol. The van der Waals surface area contributed by atoms with Crippen molar-refractivity contribution >= 4 is 24.0 Å². The number of hydrogen-bond acceptors (Lipinski definition) is 3. The van der Waals surface area contributed by atoms with Gasteiger partial charge in [0.1, 0.15) is 0 Å². The van der Waals surface area contributed by atoms with E-state index in [1.807, 2.05) is 42.2 Å². The Morgan fingerprint density at radius 2 is 1.84 bits per heavy atom. The first-order valence-corrected chi connectivity index (χ1v) is 9.26. The van der Waals surface area contributed by atoms with E-state index in [4.69, 9.17) is 4.74 Å². The van der Waals surface area contributed by atoms with Crippen molar-refractivity contribution in [2.75, 3.05) is 38.3 Å². The molecule has 0 N–H and O–H groups in total. The highest BCUT2D eigenvalue weighted by atomic mass is 35.5. The fourth-order valence-corrected chi connectivity index (χ4v) is 3.69. The summed E-state index contributed by atoms with van der Waals surface area (Å²) in [5.41, 5.74) is 0.759. The minimum Gasteiger partial charge on any atom is -0.382 e. The van der Waals surface area contributed by atoms with E-state index >= 15 is 0 Å². The van der Waals surface area contributed by atoms with Gasteiger partial charge in [-0.05, 0) is 37.9 Å². The number of methoxy groups -OCH3 is 1. The number of piperidine rings is 1. The monoisotopic (exact) mass is 368 g/mol. The van der Waals surface area contributed by atoms with Gasteiger partial charge in [-0.25, -0.2) is 0 Å². The average molecular weight is 369 g/mol. The molecule has 0 radical (unpaired) electrons. The summed E-state index contributed by atoms with van der Waals surface area (Å²) in [6, 6.07) is 10.1.